The SMILES string of the molecule is c1ccc(-c2c[nH]nn2)c(O[C@H]2CCOC2)c1. The van der Waals surface area contributed by atoms with Crippen LogP contribution in [0.4, 0.5) is 0 Å². The van der Waals surface area contributed by atoms with Crippen LogP contribution in [0.1, 0.15) is 6.42 Å². The Labute approximate surface area is 98.8 Å². The molecule has 5 heteroatoms. The van der Waals surface area contributed by atoms with Gasteiger partial charge in [-0.1, -0.05) is 17.3 Å². The van der Waals surface area contributed by atoms with Gasteiger partial charge in [0.1, 0.15) is 17.5 Å². The summed E-state index contributed by atoms with van der Waals surface area (Å²) in [6, 6.07) is 7.84. The molecule has 1 fully saturated rings. The molecule has 1 aliphatic heterocycles. The number of nitrogens with one attached hydrogen (secondary N) is 1. The van der Waals surface area contributed by atoms with Crippen LogP contribution in [0.5, 0.6) is 5.75 Å². The Morgan fingerprint density at radius 2 is 2.29 bits per heavy atom. The highest BCUT2D eigenvalue weighted by molar-refractivity contribution is 5.65. The third kappa shape index (κ3) is 2.14. The van der Waals surface area contributed by atoms with Crippen molar-refractivity contribution in [1.29, 1.82) is 0 Å². The molecule has 0 unspecified atom stereocenters. The van der Waals surface area contributed by atoms with Gasteiger partial charge in [-0.2, -0.15) is 0 Å². The summed E-state index contributed by atoms with van der Waals surface area (Å²) in [5.74, 6) is 0.830. The maximum absolute atomic E-state index is 5.92. The van der Waals surface area contributed by atoms with Crippen LogP contribution in [0.2, 0.25) is 0 Å². The molecule has 1 aromatic heterocycles. The highest BCUT2D eigenvalue weighted by atomic mass is 16.5. The number of hydrogen-bond donors (Lipinski definition) is 1. The van der Waals surface area contributed by atoms with Gasteiger partial charge in [-0.15, -0.1) is 5.10 Å². The van der Waals surface area contributed by atoms with Gasteiger partial charge in [0.15, 0.2) is 0 Å². The summed E-state index contributed by atoms with van der Waals surface area (Å²) < 4.78 is 11.2. The summed E-state index contributed by atoms with van der Waals surface area (Å²) >= 11 is 0. The molecular formula is C12H13N3O2. The molecule has 5 nitrogen and oxygen atoms in total. The van der Waals surface area contributed by atoms with Crippen LogP contribution in [-0.4, -0.2) is 34.7 Å². The fraction of sp³-hybridized carbons (Fsp3) is 0.333. The first-order valence-electron chi connectivity index (χ1n) is 5.64. The third-order valence-electron chi connectivity index (χ3n) is 2.76. The fourth-order valence-electron chi connectivity index (χ4n) is 1.90. The third-order valence-corrected chi connectivity index (χ3v) is 2.76. The number of aromatic amines is 1. The average Bonchev–Trinajstić information content (AvgIpc) is 3.01. The van der Waals surface area contributed by atoms with E-state index in [-0.39, 0.29) is 6.10 Å². The number of hydrogen-bond acceptors (Lipinski definition) is 4. The molecule has 1 saturated heterocycles. The lowest BCUT2D eigenvalue weighted by molar-refractivity contribution is 0.141. The highest BCUT2D eigenvalue weighted by Gasteiger charge is 2.19. The molecular weight excluding hydrogens is 218 g/mol. The van der Waals surface area contributed by atoms with Crippen LogP contribution in [0.15, 0.2) is 30.5 Å². The quantitative estimate of drug-likeness (QED) is 0.872. The monoisotopic (exact) mass is 231 g/mol. The largest absolute Gasteiger partial charge is 0.487 e. The Balaban J connectivity index is 1.88. The Bertz CT molecular complexity index is 478. The van der Waals surface area contributed by atoms with Gasteiger partial charge >= 0.3 is 0 Å². The predicted molar refractivity (Wildman–Crippen MR) is 61.7 cm³/mol. The first kappa shape index (κ1) is 10.3. The van der Waals surface area contributed by atoms with Gasteiger partial charge in [-0.3, -0.25) is 5.10 Å². The number of H-pyrrole nitrogens is 1. The van der Waals surface area contributed by atoms with Crippen LogP contribution in [0.25, 0.3) is 11.3 Å². The summed E-state index contributed by atoms with van der Waals surface area (Å²) in [4.78, 5) is 0. The molecule has 0 aliphatic carbocycles. The predicted octanol–water partition coefficient (Wildman–Crippen LogP) is 1.64. The summed E-state index contributed by atoms with van der Waals surface area (Å²) in [5.41, 5.74) is 1.74. The molecule has 0 spiro atoms. The normalized spacial score (nSPS) is 19.4. The van der Waals surface area contributed by atoms with Crippen molar-refractivity contribution in [3.63, 3.8) is 0 Å². The van der Waals surface area contributed by atoms with Gasteiger partial charge in [0.25, 0.3) is 0 Å². The zero-order chi connectivity index (χ0) is 11.5. The van der Waals surface area contributed by atoms with Crippen molar-refractivity contribution in [2.24, 2.45) is 0 Å². The smallest absolute Gasteiger partial charge is 0.129 e. The molecule has 0 bridgehead atoms. The molecule has 0 radical (unpaired) electrons. The summed E-state index contributed by atoms with van der Waals surface area (Å²) in [7, 11) is 0. The molecule has 1 N–H and O–H groups in total. The number of rotatable bonds is 3. The summed E-state index contributed by atoms with van der Waals surface area (Å²) in [6.07, 6.45) is 2.84. The molecule has 17 heavy (non-hydrogen) atoms. The number of aromatic nitrogens is 3. The van der Waals surface area contributed by atoms with Crippen LogP contribution < -0.4 is 4.74 Å². The van der Waals surface area contributed by atoms with E-state index < -0.39 is 0 Å². The van der Waals surface area contributed by atoms with E-state index in [1.54, 1.807) is 6.20 Å². The van der Waals surface area contributed by atoms with E-state index in [0.717, 1.165) is 30.0 Å². The molecule has 2 aromatic rings. The van der Waals surface area contributed by atoms with Crippen LogP contribution in [-0.2, 0) is 4.74 Å². The molecule has 88 valence electrons. The van der Waals surface area contributed by atoms with Crippen LogP contribution in [0.3, 0.4) is 0 Å². The van der Waals surface area contributed by atoms with E-state index in [4.69, 9.17) is 9.47 Å². The van der Waals surface area contributed by atoms with E-state index in [2.05, 4.69) is 15.4 Å². The minimum absolute atomic E-state index is 0.142. The van der Waals surface area contributed by atoms with Gasteiger partial charge in [0.05, 0.1) is 19.4 Å². The first-order chi connectivity index (χ1) is 8.43. The van der Waals surface area contributed by atoms with Crippen molar-refractivity contribution in [1.82, 2.24) is 15.4 Å². The van der Waals surface area contributed by atoms with Gasteiger partial charge in [-0.25, -0.2) is 0 Å². The van der Waals surface area contributed by atoms with Crippen molar-refractivity contribution in [2.75, 3.05) is 13.2 Å². The summed E-state index contributed by atoms with van der Waals surface area (Å²) in [6.45, 7) is 1.43. The molecule has 1 aliphatic rings. The van der Waals surface area contributed by atoms with E-state index in [1.165, 1.54) is 0 Å². The Morgan fingerprint density at radius 3 is 3.06 bits per heavy atom. The molecule has 2 heterocycles. The maximum atomic E-state index is 5.92. The molecule has 0 amide bonds. The minimum atomic E-state index is 0.142. The van der Waals surface area contributed by atoms with Gasteiger partial charge in [0, 0.05) is 12.0 Å². The number of nitrogens with zero attached hydrogens (tertiary/aromatic N) is 2. The molecule has 1 aromatic carbocycles. The van der Waals surface area contributed by atoms with E-state index >= 15 is 0 Å². The number of ether oxygens (including phenoxy) is 2. The maximum Gasteiger partial charge on any atom is 0.129 e. The second kappa shape index (κ2) is 4.55. The van der Waals surface area contributed by atoms with E-state index in [1.807, 2.05) is 24.3 Å². The van der Waals surface area contributed by atoms with E-state index in [9.17, 15) is 0 Å². The number of benzene rings is 1. The minimum Gasteiger partial charge on any atom is -0.487 e. The Kier molecular flexibility index (Phi) is 2.75. The molecule has 0 saturated carbocycles. The van der Waals surface area contributed by atoms with Crippen LogP contribution >= 0.6 is 0 Å². The molecule has 3 rings (SSSR count). The highest BCUT2D eigenvalue weighted by Crippen LogP contribution is 2.29. The van der Waals surface area contributed by atoms with Crippen molar-refractivity contribution in [3.8, 4) is 17.0 Å². The van der Waals surface area contributed by atoms with Gasteiger partial charge in [0.2, 0.25) is 0 Å². The lowest BCUT2D eigenvalue weighted by atomic mass is 10.1. The molecule has 1 atom stereocenters. The van der Waals surface area contributed by atoms with Crippen molar-refractivity contribution < 1.29 is 9.47 Å². The summed E-state index contributed by atoms with van der Waals surface area (Å²) in [5, 5.41) is 10.4. The first-order valence-corrected chi connectivity index (χ1v) is 5.64. The zero-order valence-corrected chi connectivity index (χ0v) is 9.30. The lowest BCUT2D eigenvalue weighted by Gasteiger charge is -2.14. The fourth-order valence-corrected chi connectivity index (χ4v) is 1.90. The topological polar surface area (TPSA) is 60.0 Å². The Morgan fingerprint density at radius 1 is 1.35 bits per heavy atom. The second-order valence-electron chi connectivity index (χ2n) is 3.96. The van der Waals surface area contributed by atoms with Crippen molar-refractivity contribution >= 4 is 0 Å². The van der Waals surface area contributed by atoms with Crippen LogP contribution in [0, 0.1) is 0 Å². The van der Waals surface area contributed by atoms with E-state index in [0.29, 0.717) is 6.61 Å². The van der Waals surface area contributed by atoms with Crippen molar-refractivity contribution in [2.45, 2.75) is 12.5 Å². The average molecular weight is 231 g/mol. The number of para-hydroxylation sites is 1. The Hall–Kier alpha value is -1.88. The lowest BCUT2D eigenvalue weighted by Crippen LogP contribution is -2.16. The van der Waals surface area contributed by atoms with Crippen molar-refractivity contribution in [3.05, 3.63) is 30.5 Å². The standard InChI is InChI=1S/C12H13N3O2/c1-2-4-12(17-9-5-6-16-8-9)10(3-1)11-7-13-15-14-11/h1-4,7,9H,5-6,8H2,(H,13,14,15)/t9-/m0/s1. The van der Waals surface area contributed by atoms with Gasteiger partial charge < -0.3 is 9.47 Å². The second-order valence-corrected chi connectivity index (χ2v) is 3.96. The van der Waals surface area contributed by atoms with Gasteiger partial charge in [-0.05, 0) is 12.1 Å². The zero-order valence-electron chi connectivity index (χ0n) is 9.30.